The highest BCUT2D eigenvalue weighted by molar-refractivity contribution is 5.92. The highest BCUT2D eigenvalue weighted by atomic mass is 16.6. The Morgan fingerprint density at radius 1 is 0.975 bits per heavy atom. The zero-order valence-electron chi connectivity index (χ0n) is 25.1. The van der Waals surface area contributed by atoms with Gasteiger partial charge in [-0.25, -0.2) is 4.79 Å². The minimum absolute atomic E-state index is 0.0557. The summed E-state index contributed by atoms with van der Waals surface area (Å²) in [5.41, 5.74) is 1.64. The zero-order chi connectivity index (χ0) is 29.9. The van der Waals surface area contributed by atoms with Crippen LogP contribution in [0.4, 0.5) is 4.79 Å². The molecule has 3 atom stereocenters. The van der Waals surface area contributed by atoms with E-state index in [1.807, 2.05) is 45.0 Å². The lowest BCUT2D eigenvalue weighted by atomic mass is 9.96. The number of aryl methyl sites for hydroxylation is 1. The number of phenols is 1. The van der Waals surface area contributed by atoms with E-state index >= 15 is 0 Å². The van der Waals surface area contributed by atoms with E-state index < -0.39 is 23.8 Å². The van der Waals surface area contributed by atoms with Crippen LogP contribution in [0.5, 0.6) is 5.75 Å². The van der Waals surface area contributed by atoms with Crippen molar-refractivity contribution in [2.45, 2.75) is 104 Å². The Kier molecular flexibility index (Phi) is 12.5. The predicted molar refractivity (Wildman–Crippen MR) is 158 cm³/mol. The van der Waals surface area contributed by atoms with Crippen molar-refractivity contribution in [1.29, 1.82) is 0 Å². The van der Waals surface area contributed by atoms with Gasteiger partial charge in [0.05, 0.1) is 0 Å². The summed E-state index contributed by atoms with van der Waals surface area (Å²) < 4.78 is 5.49. The Hall–Kier alpha value is -3.55. The molecule has 3 amide bonds. The lowest BCUT2D eigenvalue weighted by Crippen LogP contribution is -2.54. The van der Waals surface area contributed by atoms with Gasteiger partial charge in [0.25, 0.3) is 0 Å². The topological polar surface area (TPSA) is 108 Å². The number of carbonyl (C=O) groups is 3. The van der Waals surface area contributed by atoms with Crippen LogP contribution in [0.15, 0.2) is 48.5 Å². The molecular weight excluding hydrogens is 506 g/mol. The first kappa shape index (κ1) is 32.7. The molecule has 0 aliphatic carbocycles. The average molecular weight is 554 g/mol. The first-order valence-electron chi connectivity index (χ1n) is 14.3. The molecule has 0 aliphatic rings. The van der Waals surface area contributed by atoms with Crippen LogP contribution < -0.4 is 10.6 Å². The van der Waals surface area contributed by atoms with Crippen LogP contribution in [0.2, 0.25) is 0 Å². The molecule has 2 aromatic rings. The number of unbranched alkanes of at least 4 members (excludes halogenated alkanes) is 1. The molecule has 0 fully saturated rings. The fourth-order valence-corrected chi connectivity index (χ4v) is 4.58. The molecular formula is C32H47N3O5. The predicted octanol–water partition coefficient (Wildman–Crippen LogP) is 5.81. The number of alkyl carbamates (subject to hydrolysis) is 1. The van der Waals surface area contributed by atoms with Crippen LogP contribution in [0, 0.1) is 6.92 Å². The number of amides is 3. The summed E-state index contributed by atoms with van der Waals surface area (Å²) in [4.78, 5) is 42.7. The maximum absolute atomic E-state index is 14.4. The van der Waals surface area contributed by atoms with E-state index in [2.05, 4.69) is 17.6 Å². The second kappa shape index (κ2) is 15.3. The van der Waals surface area contributed by atoms with Crippen molar-refractivity contribution in [3.05, 3.63) is 65.2 Å². The van der Waals surface area contributed by atoms with Gasteiger partial charge in [0.2, 0.25) is 11.8 Å². The molecule has 220 valence electrons. The lowest BCUT2D eigenvalue weighted by Gasteiger charge is -2.35. The smallest absolute Gasteiger partial charge is 0.408 e. The van der Waals surface area contributed by atoms with Gasteiger partial charge in [-0.05, 0) is 76.3 Å². The largest absolute Gasteiger partial charge is 0.508 e. The number of benzene rings is 2. The van der Waals surface area contributed by atoms with E-state index in [1.54, 1.807) is 37.8 Å². The Morgan fingerprint density at radius 2 is 1.62 bits per heavy atom. The quantitative estimate of drug-likeness (QED) is 0.290. The zero-order valence-corrected chi connectivity index (χ0v) is 25.1. The summed E-state index contributed by atoms with van der Waals surface area (Å²) >= 11 is 0. The molecule has 0 aliphatic heterocycles. The monoisotopic (exact) mass is 553 g/mol. The van der Waals surface area contributed by atoms with Gasteiger partial charge in [-0.15, -0.1) is 0 Å². The number of nitrogens with one attached hydrogen (secondary N) is 2. The fraction of sp³-hybridized carbons (Fsp3) is 0.531. The summed E-state index contributed by atoms with van der Waals surface area (Å²) in [6.07, 6.45) is 2.69. The normalized spacial score (nSPS) is 13.6. The van der Waals surface area contributed by atoms with Crippen LogP contribution in [0.25, 0.3) is 0 Å². The maximum atomic E-state index is 14.4. The van der Waals surface area contributed by atoms with Gasteiger partial charge in [-0.3, -0.25) is 9.59 Å². The van der Waals surface area contributed by atoms with Gasteiger partial charge < -0.3 is 25.4 Å². The molecule has 2 aromatic carbocycles. The molecule has 8 heteroatoms. The van der Waals surface area contributed by atoms with Crippen molar-refractivity contribution in [3.63, 3.8) is 0 Å². The lowest BCUT2D eigenvalue weighted by molar-refractivity contribution is -0.142. The summed E-state index contributed by atoms with van der Waals surface area (Å²) in [5, 5.41) is 15.6. The second-order valence-electron chi connectivity index (χ2n) is 11.4. The number of rotatable bonds is 13. The van der Waals surface area contributed by atoms with Crippen molar-refractivity contribution < 1.29 is 24.2 Å². The van der Waals surface area contributed by atoms with E-state index in [-0.39, 0.29) is 30.0 Å². The molecule has 0 spiro atoms. The number of hydrogen-bond donors (Lipinski definition) is 3. The van der Waals surface area contributed by atoms with Gasteiger partial charge in [0.1, 0.15) is 23.4 Å². The Bertz CT molecular complexity index is 1110. The van der Waals surface area contributed by atoms with Gasteiger partial charge >= 0.3 is 6.09 Å². The van der Waals surface area contributed by atoms with E-state index in [0.29, 0.717) is 13.0 Å². The van der Waals surface area contributed by atoms with Gasteiger partial charge in [-0.2, -0.15) is 0 Å². The first-order chi connectivity index (χ1) is 18.9. The molecule has 40 heavy (non-hydrogen) atoms. The van der Waals surface area contributed by atoms with E-state index in [4.69, 9.17) is 4.74 Å². The minimum atomic E-state index is -0.997. The Balaban J connectivity index is 2.56. The standard InChI is InChI=1S/C32H47N3O5/c1-8-10-20-35(28(26-15-12-11-14-22(26)3)29(37)33-23(4)13-9-2)30(38)27(34-31(39)40-32(5,6)7)21-24-16-18-25(36)19-17-24/h11-12,14-19,23,27-28,36H,8-10,13,20-21H2,1-7H3,(H,33,37)(H,34,39). The average Bonchev–Trinajstić information content (AvgIpc) is 2.86. The molecule has 3 N–H and O–H groups in total. The molecule has 3 unspecified atom stereocenters. The van der Waals surface area contributed by atoms with Gasteiger partial charge in [0.15, 0.2) is 0 Å². The Labute approximate surface area is 239 Å². The molecule has 0 saturated carbocycles. The van der Waals surface area contributed by atoms with Gasteiger partial charge in [0, 0.05) is 19.0 Å². The molecule has 0 saturated heterocycles. The second-order valence-corrected chi connectivity index (χ2v) is 11.4. The summed E-state index contributed by atoms with van der Waals surface area (Å²) in [6.45, 7) is 13.6. The fourth-order valence-electron chi connectivity index (χ4n) is 4.58. The number of phenolic OH excluding ortho intramolecular Hbond substituents is 1. The van der Waals surface area contributed by atoms with E-state index in [9.17, 15) is 19.5 Å². The molecule has 2 rings (SSSR count). The number of carbonyl (C=O) groups excluding carboxylic acids is 3. The summed E-state index contributed by atoms with van der Waals surface area (Å²) in [5.74, 6) is -0.520. The molecule has 0 aromatic heterocycles. The maximum Gasteiger partial charge on any atom is 0.408 e. The third-order valence-electron chi connectivity index (χ3n) is 6.55. The van der Waals surface area contributed by atoms with Crippen LogP contribution >= 0.6 is 0 Å². The summed E-state index contributed by atoms with van der Waals surface area (Å²) in [6, 6.07) is 12.2. The third-order valence-corrected chi connectivity index (χ3v) is 6.55. The highest BCUT2D eigenvalue weighted by Crippen LogP contribution is 2.27. The van der Waals surface area contributed by atoms with Crippen LogP contribution in [0.1, 0.15) is 90.0 Å². The van der Waals surface area contributed by atoms with Crippen LogP contribution in [-0.2, 0) is 20.7 Å². The number of aromatic hydroxyl groups is 1. The SMILES string of the molecule is CCCCN(C(=O)C(Cc1ccc(O)cc1)NC(=O)OC(C)(C)C)C(C(=O)NC(C)CCC)c1ccccc1C. The highest BCUT2D eigenvalue weighted by Gasteiger charge is 2.37. The van der Waals surface area contributed by atoms with Crippen molar-refractivity contribution in [2.75, 3.05) is 6.54 Å². The first-order valence-corrected chi connectivity index (χ1v) is 14.3. The van der Waals surface area contributed by atoms with Crippen molar-refractivity contribution in [2.24, 2.45) is 0 Å². The van der Waals surface area contributed by atoms with Crippen molar-refractivity contribution in [1.82, 2.24) is 15.5 Å². The van der Waals surface area contributed by atoms with Crippen molar-refractivity contribution >= 4 is 17.9 Å². The number of hydrogen-bond acceptors (Lipinski definition) is 5. The van der Waals surface area contributed by atoms with Gasteiger partial charge in [-0.1, -0.05) is 63.1 Å². The van der Waals surface area contributed by atoms with Crippen LogP contribution in [0.3, 0.4) is 0 Å². The molecule has 0 radical (unpaired) electrons. The number of nitrogens with zero attached hydrogens (tertiary/aromatic N) is 1. The molecule has 0 bridgehead atoms. The number of ether oxygens (including phenoxy) is 1. The van der Waals surface area contributed by atoms with E-state index in [0.717, 1.165) is 36.0 Å². The molecule has 0 heterocycles. The van der Waals surface area contributed by atoms with Crippen molar-refractivity contribution in [3.8, 4) is 5.75 Å². The minimum Gasteiger partial charge on any atom is -0.508 e. The Morgan fingerprint density at radius 3 is 2.20 bits per heavy atom. The summed E-state index contributed by atoms with van der Waals surface area (Å²) in [7, 11) is 0. The third kappa shape index (κ3) is 10.2. The van der Waals surface area contributed by atoms with E-state index in [1.165, 1.54) is 12.1 Å². The van der Waals surface area contributed by atoms with Crippen LogP contribution in [-0.4, -0.2) is 52.1 Å². The molecule has 8 nitrogen and oxygen atoms in total.